The second-order valence-corrected chi connectivity index (χ2v) is 11.2. The van der Waals surface area contributed by atoms with Gasteiger partial charge in [0.15, 0.2) is 0 Å². The molecule has 10 heteroatoms. The summed E-state index contributed by atoms with van der Waals surface area (Å²) in [7, 11) is -3.68. The minimum atomic E-state index is -3.68. The van der Waals surface area contributed by atoms with Crippen LogP contribution >= 0.6 is 0 Å². The van der Waals surface area contributed by atoms with Gasteiger partial charge in [0.25, 0.3) is 0 Å². The molecule has 2 aliphatic heterocycles. The highest BCUT2D eigenvalue weighted by atomic mass is 32.2. The average molecular weight is 493 g/mol. The van der Waals surface area contributed by atoms with Gasteiger partial charge >= 0.3 is 0 Å². The van der Waals surface area contributed by atoms with Gasteiger partial charge in [-0.15, -0.1) is 0 Å². The number of likely N-dealkylation sites (tertiary alicyclic amines) is 1. The average Bonchev–Trinajstić information content (AvgIpc) is 3.50. The van der Waals surface area contributed by atoms with Crippen molar-refractivity contribution in [1.82, 2.24) is 9.21 Å². The summed E-state index contributed by atoms with van der Waals surface area (Å²) >= 11 is 0. The molecule has 1 aromatic carbocycles. The number of nitrogens with zero attached hydrogens (tertiary/aromatic N) is 3. The normalized spacial score (nSPS) is 22.1. The summed E-state index contributed by atoms with van der Waals surface area (Å²) in [5, 5.41) is 2.99. The molecule has 3 fully saturated rings. The number of carbonyl (C=O) groups is 2. The van der Waals surface area contributed by atoms with Crippen LogP contribution in [0.2, 0.25) is 0 Å². The van der Waals surface area contributed by atoms with Crippen molar-refractivity contribution in [3.05, 3.63) is 18.2 Å². The zero-order chi connectivity index (χ0) is 24.3. The molecule has 0 aromatic heterocycles. The molecule has 0 spiro atoms. The van der Waals surface area contributed by atoms with Crippen molar-refractivity contribution in [3.8, 4) is 0 Å². The van der Waals surface area contributed by atoms with Crippen LogP contribution in [-0.4, -0.2) is 81.4 Å². The summed E-state index contributed by atoms with van der Waals surface area (Å²) < 4.78 is 33.1. The van der Waals surface area contributed by atoms with Crippen molar-refractivity contribution >= 4 is 33.2 Å². The van der Waals surface area contributed by atoms with E-state index in [1.807, 2.05) is 4.90 Å². The van der Waals surface area contributed by atoms with Crippen LogP contribution in [0.25, 0.3) is 0 Å². The third-order valence-corrected chi connectivity index (χ3v) is 9.26. The highest BCUT2D eigenvalue weighted by Crippen LogP contribution is 2.33. The maximum Gasteiger partial charge on any atom is 0.243 e. The molecule has 1 unspecified atom stereocenters. The lowest BCUT2D eigenvalue weighted by atomic mass is 10.1. The molecule has 2 saturated heterocycles. The van der Waals surface area contributed by atoms with Gasteiger partial charge in [-0.3, -0.25) is 9.59 Å². The summed E-state index contributed by atoms with van der Waals surface area (Å²) in [6.07, 6.45) is 4.47. The van der Waals surface area contributed by atoms with Gasteiger partial charge < -0.3 is 19.9 Å². The van der Waals surface area contributed by atoms with E-state index in [-0.39, 0.29) is 29.2 Å². The summed E-state index contributed by atoms with van der Waals surface area (Å²) in [4.78, 5) is 30.0. The van der Waals surface area contributed by atoms with Crippen LogP contribution in [0.3, 0.4) is 0 Å². The zero-order valence-corrected chi connectivity index (χ0v) is 21.0. The number of anilines is 2. The molecule has 2 heterocycles. The Bertz CT molecular complexity index is 999. The fraction of sp³-hybridized carbons (Fsp3) is 0.667. The number of morpholine rings is 1. The van der Waals surface area contributed by atoms with Gasteiger partial charge in [0.05, 0.1) is 35.4 Å². The predicted molar refractivity (Wildman–Crippen MR) is 130 cm³/mol. The molecule has 1 aromatic rings. The number of amides is 2. The lowest BCUT2D eigenvalue weighted by Crippen LogP contribution is -2.37. The number of hydrogen-bond donors (Lipinski definition) is 1. The standard InChI is InChI=1S/C24H36N4O5S/c1-3-27(4-2)34(31,32)20-9-10-22(26-11-13-33-14-12-26)21(16-20)25-24(30)18-15-23(29)28(17-18)19-7-5-6-8-19/h9-10,16,18-19H,3-8,11-15,17H2,1-2H3,(H,25,30). The van der Waals surface area contributed by atoms with E-state index >= 15 is 0 Å². The molecule has 0 radical (unpaired) electrons. The number of carbonyl (C=O) groups excluding carboxylic acids is 2. The Kier molecular flexibility index (Phi) is 7.79. The zero-order valence-electron chi connectivity index (χ0n) is 20.2. The van der Waals surface area contributed by atoms with Gasteiger partial charge in [0, 0.05) is 45.2 Å². The second kappa shape index (κ2) is 10.6. The third kappa shape index (κ3) is 5.08. The van der Waals surface area contributed by atoms with Crippen molar-refractivity contribution in [2.24, 2.45) is 5.92 Å². The summed E-state index contributed by atoms with van der Waals surface area (Å²) in [6, 6.07) is 5.18. The Labute approximate surface area is 202 Å². The predicted octanol–water partition coefficient (Wildman–Crippen LogP) is 2.28. The van der Waals surface area contributed by atoms with E-state index in [0.29, 0.717) is 51.6 Å². The molecule has 9 nitrogen and oxygen atoms in total. The smallest absolute Gasteiger partial charge is 0.243 e. The number of ether oxygens (including phenoxy) is 1. The first-order chi connectivity index (χ1) is 16.3. The molecule has 2 amide bonds. The quantitative estimate of drug-likeness (QED) is 0.598. The lowest BCUT2D eigenvalue weighted by Gasteiger charge is -2.31. The monoisotopic (exact) mass is 492 g/mol. The fourth-order valence-electron chi connectivity index (χ4n) is 5.28. The Morgan fingerprint density at radius 2 is 1.82 bits per heavy atom. The van der Waals surface area contributed by atoms with E-state index in [4.69, 9.17) is 4.74 Å². The number of hydrogen-bond acceptors (Lipinski definition) is 6. The molecule has 188 valence electrons. The molecule has 1 saturated carbocycles. The van der Waals surface area contributed by atoms with Crippen LogP contribution in [0.1, 0.15) is 46.0 Å². The van der Waals surface area contributed by atoms with Crippen LogP contribution in [0.5, 0.6) is 0 Å². The van der Waals surface area contributed by atoms with E-state index in [1.165, 1.54) is 4.31 Å². The molecule has 3 aliphatic rings. The van der Waals surface area contributed by atoms with Crippen molar-refractivity contribution in [1.29, 1.82) is 0 Å². The van der Waals surface area contributed by atoms with E-state index in [0.717, 1.165) is 31.4 Å². The summed E-state index contributed by atoms with van der Waals surface area (Å²) in [6.45, 7) is 7.23. The lowest BCUT2D eigenvalue weighted by molar-refractivity contribution is -0.129. The molecule has 34 heavy (non-hydrogen) atoms. The van der Waals surface area contributed by atoms with Crippen LogP contribution in [0.15, 0.2) is 23.1 Å². The Hall–Kier alpha value is -2.17. The van der Waals surface area contributed by atoms with E-state index in [1.54, 1.807) is 32.0 Å². The first kappa shape index (κ1) is 24.9. The van der Waals surface area contributed by atoms with Gasteiger partial charge in [-0.25, -0.2) is 8.42 Å². The molecule has 0 bridgehead atoms. The highest BCUT2D eigenvalue weighted by molar-refractivity contribution is 7.89. The molecule has 1 N–H and O–H groups in total. The Morgan fingerprint density at radius 3 is 2.47 bits per heavy atom. The van der Waals surface area contributed by atoms with Crippen LogP contribution in [-0.2, 0) is 24.3 Å². The van der Waals surface area contributed by atoms with Crippen LogP contribution < -0.4 is 10.2 Å². The molecule has 4 rings (SSSR count). The topological polar surface area (TPSA) is 99.3 Å². The number of benzene rings is 1. The molecular weight excluding hydrogens is 456 g/mol. The number of nitrogens with one attached hydrogen (secondary N) is 1. The molecule has 1 atom stereocenters. The number of sulfonamides is 1. The molecule has 1 aliphatic carbocycles. The maximum absolute atomic E-state index is 13.3. The second-order valence-electron chi connectivity index (χ2n) is 9.24. The van der Waals surface area contributed by atoms with Crippen LogP contribution in [0, 0.1) is 5.92 Å². The summed E-state index contributed by atoms with van der Waals surface area (Å²) in [5.74, 6) is -0.632. The van der Waals surface area contributed by atoms with Gasteiger partial charge in [0.2, 0.25) is 21.8 Å². The summed E-state index contributed by atoms with van der Waals surface area (Å²) in [5.41, 5.74) is 1.24. The van der Waals surface area contributed by atoms with Gasteiger partial charge in [-0.1, -0.05) is 26.7 Å². The van der Waals surface area contributed by atoms with Crippen molar-refractivity contribution in [2.75, 3.05) is 56.2 Å². The fourth-order valence-corrected chi connectivity index (χ4v) is 6.76. The maximum atomic E-state index is 13.3. The Morgan fingerprint density at radius 1 is 1.15 bits per heavy atom. The van der Waals surface area contributed by atoms with E-state index < -0.39 is 15.9 Å². The largest absolute Gasteiger partial charge is 0.378 e. The van der Waals surface area contributed by atoms with Crippen molar-refractivity contribution in [3.63, 3.8) is 0 Å². The molecular formula is C24H36N4O5S. The van der Waals surface area contributed by atoms with Crippen LogP contribution in [0.4, 0.5) is 11.4 Å². The third-order valence-electron chi connectivity index (χ3n) is 7.22. The van der Waals surface area contributed by atoms with Gasteiger partial charge in [-0.2, -0.15) is 4.31 Å². The first-order valence-corrected chi connectivity index (χ1v) is 13.9. The minimum absolute atomic E-state index is 0.0401. The van der Waals surface area contributed by atoms with Crippen molar-refractivity contribution in [2.45, 2.75) is 56.9 Å². The minimum Gasteiger partial charge on any atom is -0.378 e. The van der Waals surface area contributed by atoms with E-state index in [2.05, 4.69) is 10.2 Å². The first-order valence-electron chi connectivity index (χ1n) is 12.4. The highest BCUT2D eigenvalue weighted by Gasteiger charge is 2.39. The van der Waals surface area contributed by atoms with E-state index in [9.17, 15) is 18.0 Å². The van der Waals surface area contributed by atoms with Crippen molar-refractivity contribution < 1.29 is 22.7 Å². The van der Waals surface area contributed by atoms with Gasteiger partial charge in [0.1, 0.15) is 0 Å². The van der Waals surface area contributed by atoms with Gasteiger partial charge in [-0.05, 0) is 31.0 Å². The number of rotatable bonds is 8. The Balaban J connectivity index is 1.59. The SMILES string of the molecule is CCN(CC)S(=O)(=O)c1ccc(N2CCOCC2)c(NC(=O)C2CC(=O)N(C3CCCC3)C2)c1.